The van der Waals surface area contributed by atoms with Crippen molar-refractivity contribution in [2.45, 2.75) is 33.2 Å². The molecule has 134 valence electrons. The summed E-state index contributed by atoms with van der Waals surface area (Å²) in [4.78, 5) is 11.8. The van der Waals surface area contributed by atoms with Gasteiger partial charge in [0, 0.05) is 29.6 Å². The standard InChI is InChI=1S/C19H24N2O4/c1-4-23-19(22)16(20)10-14-9-12(2)21(13(14)3)15-5-6-17-18(11-15)25-8-7-24-17/h5-6,9,11,16H,4,7-8,10,20H2,1-3H3. The molecule has 6 heteroatoms. The first kappa shape index (κ1) is 17.4. The second-order valence-electron chi connectivity index (χ2n) is 6.12. The summed E-state index contributed by atoms with van der Waals surface area (Å²) >= 11 is 0. The zero-order valence-electron chi connectivity index (χ0n) is 14.9. The van der Waals surface area contributed by atoms with Crippen LogP contribution in [0.3, 0.4) is 0 Å². The van der Waals surface area contributed by atoms with E-state index in [4.69, 9.17) is 19.9 Å². The summed E-state index contributed by atoms with van der Waals surface area (Å²) in [5.74, 6) is 1.15. The molecule has 25 heavy (non-hydrogen) atoms. The number of fused-ring (bicyclic) bond motifs is 1. The average Bonchev–Trinajstić information content (AvgIpc) is 2.88. The van der Waals surface area contributed by atoms with Gasteiger partial charge in [0.05, 0.1) is 6.61 Å². The Morgan fingerprint density at radius 1 is 1.24 bits per heavy atom. The minimum Gasteiger partial charge on any atom is -0.486 e. The zero-order valence-corrected chi connectivity index (χ0v) is 14.9. The topological polar surface area (TPSA) is 75.7 Å². The predicted molar refractivity (Wildman–Crippen MR) is 94.5 cm³/mol. The number of esters is 1. The van der Waals surface area contributed by atoms with Crippen LogP contribution in [0.4, 0.5) is 0 Å². The number of carbonyl (C=O) groups is 1. The lowest BCUT2D eigenvalue weighted by molar-refractivity contribution is -0.144. The second-order valence-corrected chi connectivity index (χ2v) is 6.12. The molecule has 0 bridgehead atoms. The highest BCUT2D eigenvalue weighted by Gasteiger charge is 2.20. The molecular weight excluding hydrogens is 320 g/mol. The van der Waals surface area contributed by atoms with Gasteiger partial charge in [0.25, 0.3) is 0 Å². The molecule has 2 heterocycles. The van der Waals surface area contributed by atoms with Crippen LogP contribution in [0, 0.1) is 13.8 Å². The molecule has 6 nitrogen and oxygen atoms in total. The van der Waals surface area contributed by atoms with Gasteiger partial charge in [0.1, 0.15) is 19.3 Å². The fourth-order valence-electron chi connectivity index (χ4n) is 3.17. The van der Waals surface area contributed by atoms with E-state index in [1.54, 1.807) is 6.92 Å². The summed E-state index contributed by atoms with van der Waals surface area (Å²) in [6.07, 6.45) is 0.447. The van der Waals surface area contributed by atoms with Gasteiger partial charge < -0.3 is 24.5 Å². The van der Waals surface area contributed by atoms with Gasteiger partial charge >= 0.3 is 5.97 Å². The monoisotopic (exact) mass is 344 g/mol. The predicted octanol–water partition coefficient (Wildman–Crippen LogP) is 2.30. The van der Waals surface area contributed by atoms with Gasteiger partial charge in [-0.3, -0.25) is 4.79 Å². The number of nitrogens with two attached hydrogens (primary N) is 1. The van der Waals surface area contributed by atoms with Gasteiger partial charge in [0.2, 0.25) is 0 Å². The maximum Gasteiger partial charge on any atom is 0.323 e. The van der Waals surface area contributed by atoms with Crippen molar-refractivity contribution in [1.82, 2.24) is 4.57 Å². The maximum absolute atomic E-state index is 11.8. The highest BCUT2D eigenvalue weighted by molar-refractivity contribution is 5.76. The first-order valence-corrected chi connectivity index (χ1v) is 8.51. The van der Waals surface area contributed by atoms with Crippen molar-refractivity contribution in [3.05, 3.63) is 41.2 Å². The van der Waals surface area contributed by atoms with Gasteiger partial charge in [-0.25, -0.2) is 0 Å². The quantitative estimate of drug-likeness (QED) is 0.842. The second kappa shape index (κ2) is 7.19. The summed E-state index contributed by atoms with van der Waals surface area (Å²) in [6, 6.07) is 7.30. The third kappa shape index (κ3) is 3.49. The van der Waals surface area contributed by atoms with Crippen molar-refractivity contribution in [3.63, 3.8) is 0 Å². The molecular formula is C19H24N2O4. The lowest BCUT2D eigenvalue weighted by atomic mass is 10.1. The van der Waals surface area contributed by atoms with E-state index in [2.05, 4.69) is 10.6 Å². The highest BCUT2D eigenvalue weighted by atomic mass is 16.6. The Balaban J connectivity index is 1.88. The molecule has 1 aromatic carbocycles. The number of hydrogen-bond donors (Lipinski definition) is 1. The van der Waals surface area contributed by atoms with Crippen molar-refractivity contribution in [2.24, 2.45) is 5.73 Å². The van der Waals surface area contributed by atoms with E-state index in [-0.39, 0.29) is 5.97 Å². The molecule has 0 aliphatic carbocycles. The lowest BCUT2D eigenvalue weighted by Gasteiger charge is -2.20. The van der Waals surface area contributed by atoms with Gasteiger partial charge in [-0.2, -0.15) is 0 Å². The minimum atomic E-state index is -0.658. The third-order valence-corrected chi connectivity index (χ3v) is 4.35. The molecule has 2 aromatic rings. The molecule has 1 aliphatic rings. The summed E-state index contributed by atoms with van der Waals surface area (Å²) in [5.41, 5.74) is 10.1. The van der Waals surface area contributed by atoms with Crippen LogP contribution in [-0.4, -0.2) is 36.4 Å². The molecule has 0 fully saturated rings. The number of carbonyl (C=O) groups excluding carboxylic acids is 1. The Hall–Kier alpha value is -2.47. The van der Waals surface area contributed by atoms with Crippen LogP contribution in [-0.2, 0) is 16.0 Å². The van der Waals surface area contributed by atoms with Crippen LogP contribution >= 0.6 is 0 Å². The van der Waals surface area contributed by atoms with Crippen molar-refractivity contribution >= 4 is 5.97 Å². The van der Waals surface area contributed by atoms with Crippen LogP contribution in [0.25, 0.3) is 5.69 Å². The van der Waals surface area contributed by atoms with Crippen molar-refractivity contribution in [3.8, 4) is 17.2 Å². The Morgan fingerprint density at radius 2 is 1.96 bits per heavy atom. The number of benzene rings is 1. The summed E-state index contributed by atoms with van der Waals surface area (Å²) in [6.45, 7) is 7.30. The van der Waals surface area contributed by atoms with E-state index in [9.17, 15) is 4.79 Å². The largest absolute Gasteiger partial charge is 0.486 e. The number of hydrogen-bond acceptors (Lipinski definition) is 5. The van der Waals surface area contributed by atoms with E-state index in [1.807, 2.05) is 32.0 Å². The fourth-order valence-corrected chi connectivity index (χ4v) is 3.17. The van der Waals surface area contributed by atoms with E-state index in [0.717, 1.165) is 34.1 Å². The molecule has 1 unspecified atom stereocenters. The fraction of sp³-hybridized carbons (Fsp3) is 0.421. The molecule has 0 saturated heterocycles. The maximum atomic E-state index is 11.8. The van der Waals surface area contributed by atoms with E-state index >= 15 is 0 Å². The smallest absolute Gasteiger partial charge is 0.323 e. The Morgan fingerprint density at radius 3 is 2.68 bits per heavy atom. The summed E-state index contributed by atoms with van der Waals surface area (Å²) < 4.78 is 18.4. The number of ether oxygens (including phenoxy) is 3. The summed E-state index contributed by atoms with van der Waals surface area (Å²) in [7, 11) is 0. The van der Waals surface area contributed by atoms with Crippen LogP contribution in [0.1, 0.15) is 23.9 Å². The molecule has 3 rings (SSSR count). The van der Waals surface area contributed by atoms with Crippen molar-refractivity contribution < 1.29 is 19.0 Å². The molecule has 2 N–H and O–H groups in total. The highest BCUT2D eigenvalue weighted by Crippen LogP contribution is 2.33. The Bertz CT molecular complexity index is 782. The SMILES string of the molecule is CCOC(=O)C(N)Cc1cc(C)n(-c2ccc3c(c2)OCCO3)c1C. The van der Waals surface area contributed by atoms with Crippen LogP contribution in [0.15, 0.2) is 24.3 Å². The number of nitrogens with zero attached hydrogens (tertiary/aromatic N) is 1. The van der Waals surface area contributed by atoms with Crippen molar-refractivity contribution in [1.29, 1.82) is 0 Å². The van der Waals surface area contributed by atoms with Crippen LogP contribution in [0.2, 0.25) is 0 Å². The molecule has 1 aromatic heterocycles. The molecule has 1 atom stereocenters. The molecule has 0 saturated carbocycles. The van der Waals surface area contributed by atoms with E-state index in [0.29, 0.717) is 26.2 Å². The minimum absolute atomic E-state index is 0.336. The lowest BCUT2D eigenvalue weighted by Crippen LogP contribution is -2.34. The molecule has 0 spiro atoms. The average molecular weight is 344 g/mol. The van der Waals surface area contributed by atoms with Crippen LogP contribution < -0.4 is 15.2 Å². The molecule has 1 aliphatic heterocycles. The van der Waals surface area contributed by atoms with Crippen LogP contribution in [0.5, 0.6) is 11.5 Å². The Kier molecular flexibility index (Phi) is 4.99. The normalized spacial score (nSPS) is 14.2. The first-order chi connectivity index (χ1) is 12.0. The Labute approximate surface area is 147 Å². The van der Waals surface area contributed by atoms with Gasteiger partial charge in [-0.05, 0) is 44.5 Å². The number of aryl methyl sites for hydroxylation is 1. The van der Waals surface area contributed by atoms with Gasteiger partial charge in [0.15, 0.2) is 11.5 Å². The number of aromatic nitrogens is 1. The molecule has 0 radical (unpaired) electrons. The number of rotatable bonds is 5. The summed E-state index contributed by atoms with van der Waals surface area (Å²) in [5, 5.41) is 0. The molecule has 0 amide bonds. The third-order valence-electron chi connectivity index (χ3n) is 4.35. The van der Waals surface area contributed by atoms with Gasteiger partial charge in [-0.1, -0.05) is 0 Å². The van der Waals surface area contributed by atoms with E-state index in [1.165, 1.54) is 0 Å². The zero-order chi connectivity index (χ0) is 18.0. The first-order valence-electron chi connectivity index (χ1n) is 8.51. The van der Waals surface area contributed by atoms with E-state index < -0.39 is 6.04 Å². The van der Waals surface area contributed by atoms with Gasteiger partial charge in [-0.15, -0.1) is 0 Å². The van der Waals surface area contributed by atoms with Crippen molar-refractivity contribution in [2.75, 3.05) is 19.8 Å².